The van der Waals surface area contributed by atoms with Gasteiger partial charge in [0.2, 0.25) is 0 Å². The molecule has 19 heavy (non-hydrogen) atoms. The van der Waals surface area contributed by atoms with E-state index in [2.05, 4.69) is 37.8 Å². The lowest BCUT2D eigenvalue weighted by Gasteiger charge is -2.23. The van der Waals surface area contributed by atoms with Crippen LogP contribution in [-0.4, -0.2) is 28.6 Å². The number of nitrogens with zero attached hydrogens (tertiary/aromatic N) is 1. The van der Waals surface area contributed by atoms with Crippen molar-refractivity contribution in [3.63, 3.8) is 0 Å². The van der Waals surface area contributed by atoms with Crippen molar-refractivity contribution in [2.45, 2.75) is 46.2 Å². The average Bonchev–Trinajstić information content (AvgIpc) is 2.71. The van der Waals surface area contributed by atoms with Gasteiger partial charge >= 0.3 is 5.97 Å². The van der Waals surface area contributed by atoms with Crippen LogP contribution < -0.4 is 0 Å². The van der Waals surface area contributed by atoms with Crippen molar-refractivity contribution in [2.24, 2.45) is 0 Å². The monoisotopic (exact) mass is 283 g/mol. The molecule has 2 rings (SSSR count). The molecule has 1 heterocycles. The Labute approximate surface area is 121 Å². The van der Waals surface area contributed by atoms with Gasteiger partial charge in [-0.05, 0) is 56.8 Å². The topological polar surface area (TPSA) is 40.5 Å². The second kappa shape index (κ2) is 6.40. The number of hydrogen-bond donors (Lipinski definition) is 1. The first kappa shape index (κ1) is 16.0. The summed E-state index contributed by atoms with van der Waals surface area (Å²) in [4.78, 5) is 13.3. The van der Waals surface area contributed by atoms with Crippen LogP contribution in [0.3, 0.4) is 0 Å². The number of halogens is 1. The lowest BCUT2D eigenvalue weighted by atomic mass is 9.99. The zero-order valence-electron chi connectivity index (χ0n) is 11.8. The molecular weight excluding hydrogens is 262 g/mol. The molecule has 0 saturated carbocycles. The maximum absolute atomic E-state index is 11.2. The maximum Gasteiger partial charge on any atom is 0.320 e. The van der Waals surface area contributed by atoms with Gasteiger partial charge in [0.1, 0.15) is 6.04 Å². The minimum atomic E-state index is -0.685. The van der Waals surface area contributed by atoms with Crippen LogP contribution in [0, 0.1) is 20.8 Å². The molecule has 4 heteroatoms. The van der Waals surface area contributed by atoms with Gasteiger partial charge in [-0.3, -0.25) is 9.69 Å². The summed E-state index contributed by atoms with van der Waals surface area (Å²) in [6.45, 7) is 7.97. The summed E-state index contributed by atoms with van der Waals surface area (Å²) in [7, 11) is 0. The van der Waals surface area contributed by atoms with E-state index in [1.807, 2.05) is 0 Å². The molecular formula is C15H22ClNO2. The average molecular weight is 284 g/mol. The van der Waals surface area contributed by atoms with Crippen LogP contribution in [0.4, 0.5) is 0 Å². The number of rotatable bonds is 3. The third-order valence-corrected chi connectivity index (χ3v) is 3.85. The summed E-state index contributed by atoms with van der Waals surface area (Å²) in [6, 6.07) is 4.05. The molecule has 0 bridgehead atoms. The number of carboxylic acids is 1. The zero-order valence-corrected chi connectivity index (χ0v) is 12.6. The molecule has 0 aromatic heterocycles. The Kier molecular flexibility index (Phi) is 5.39. The van der Waals surface area contributed by atoms with Crippen molar-refractivity contribution in [1.82, 2.24) is 4.90 Å². The van der Waals surface area contributed by atoms with Gasteiger partial charge in [0.25, 0.3) is 0 Å². The van der Waals surface area contributed by atoms with Crippen LogP contribution in [0.2, 0.25) is 0 Å². The van der Waals surface area contributed by atoms with Gasteiger partial charge in [0, 0.05) is 6.54 Å². The lowest BCUT2D eigenvalue weighted by Crippen LogP contribution is -2.35. The number of carbonyl (C=O) groups is 1. The van der Waals surface area contributed by atoms with Crippen molar-refractivity contribution >= 4 is 18.4 Å². The van der Waals surface area contributed by atoms with Crippen molar-refractivity contribution in [3.8, 4) is 0 Å². The van der Waals surface area contributed by atoms with E-state index in [1.54, 1.807) is 0 Å². The smallest absolute Gasteiger partial charge is 0.320 e. The number of aliphatic carboxylic acids is 1. The quantitative estimate of drug-likeness (QED) is 0.927. The van der Waals surface area contributed by atoms with E-state index < -0.39 is 5.97 Å². The van der Waals surface area contributed by atoms with Gasteiger partial charge < -0.3 is 5.11 Å². The van der Waals surface area contributed by atoms with Gasteiger partial charge in [0.15, 0.2) is 0 Å². The summed E-state index contributed by atoms with van der Waals surface area (Å²) in [6.07, 6.45) is 1.76. The Hall–Kier alpha value is -1.06. The highest BCUT2D eigenvalue weighted by molar-refractivity contribution is 5.85. The fourth-order valence-electron chi connectivity index (χ4n) is 2.96. The third-order valence-electron chi connectivity index (χ3n) is 3.85. The first-order valence-electron chi connectivity index (χ1n) is 6.52. The number of benzene rings is 1. The Bertz CT molecular complexity index is 450. The molecule has 0 spiro atoms. The largest absolute Gasteiger partial charge is 0.480 e. The fourth-order valence-corrected chi connectivity index (χ4v) is 2.96. The van der Waals surface area contributed by atoms with Crippen molar-refractivity contribution in [2.75, 3.05) is 6.54 Å². The fraction of sp³-hybridized carbons (Fsp3) is 0.533. The molecule has 0 radical (unpaired) electrons. The number of carboxylic acid groups (broad SMARTS) is 1. The second-order valence-corrected chi connectivity index (χ2v) is 5.34. The first-order chi connectivity index (χ1) is 8.49. The highest BCUT2D eigenvalue weighted by Crippen LogP contribution is 2.24. The van der Waals surface area contributed by atoms with Gasteiger partial charge in [-0.25, -0.2) is 0 Å². The van der Waals surface area contributed by atoms with Gasteiger partial charge in [-0.15, -0.1) is 12.4 Å². The van der Waals surface area contributed by atoms with E-state index in [0.717, 1.165) is 25.9 Å². The van der Waals surface area contributed by atoms with Gasteiger partial charge in [0.05, 0.1) is 0 Å². The van der Waals surface area contributed by atoms with Gasteiger partial charge in [-0.1, -0.05) is 17.7 Å². The van der Waals surface area contributed by atoms with Crippen LogP contribution >= 0.6 is 12.4 Å². The normalized spacial score (nSPS) is 19.2. The number of hydrogen-bond acceptors (Lipinski definition) is 2. The SMILES string of the molecule is Cc1cc(C)c(CN2CCCC2C(=O)O)c(C)c1.Cl. The standard InChI is InChI=1S/C15H21NO2.ClH/c1-10-7-11(2)13(12(3)8-10)9-16-6-4-5-14(16)15(17)18;/h7-8,14H,4-6,9H2,1-3H3,(H,17,18);1H. The Morgan fingerprint density at radius 3 is 2.42 bits per heavy atom. The van der Waals surface area contributed by atoms with Crippen LogP contribution in [0.15, 0.2) is 12.1 Å². The molecule has 3 nitrogen and oxygen atoms in total. The highest BCUT2D eigenvalue weighted by atomic mass is 35.5. The molecule has 1 atom stereocenters. The van der Waals surface area contributed by atoms with Crippen LogP contribution in [0.5, 0.6) is 0 Å². The predicted octanol–water partition coefficient (Wildman–Crippen LogP) is 3.08. The van der Waals surface area contributed by atoms with Crippen LogP contribution in [-0.2, 0) is 11.3 Å². The van der Waals surface area contributed by atoms with E-state index in [1.165, 1.54) is 22.3 Å². The molecule has 1 saturated heterocycles. The number of likely N-dealkylation sites (tertiary alicyclic amines) is 1. The number of aryl methyl sites for hydroxylation is 3. The molecule has 0 aliphatic carbocycles. The maximum atomic E-state index is 11.2. The molecule has 1 fully saturated rings. The molecule has 1 N–H and O–H groups in total. The second-order valence-electron chi connectivity index (χ2n) is 5.34. The zero-order chi connectivity index (χ0) is 13.3. The Balaban J connectivity index is 0.00000180. The minimum absolute atomic E-state index is 0. The summed E-state index contributed by atoms with van der Waals surface area (Å²) < 4.78 is 0. The molecule has 0 amide bonds. The predicted molar refractivity (Wildman–Crippen MR) is 79.0 cm³/mol. The summed E-state index contributed by atoms with van der Waals surface area (Å²) in [5.41, 5.74) is 5.09. The Morgan fingerprint density at radius 1 is 1.32 bits per heavy atom. The molecule has 1 aliphatic heterocycles. The third kappa shape index (κ3) is 3.48. The van der Waals surface area contributed by atoms with Crippen LogP contribution in [0.25, 0.3) is 0 Å². The summed E-state index contributed by atoms with van der Waals surface area (Å²) >= 11 is 0. The van der Waals surface area contributed by atoms with E-state index in [0.29, 0.717) is 0 Å². The molecule has 106 valence electrons. The molecule has 1 aliphatic rings. The summed E-state index contributed by atoms with van der Waals surface area (Å²) in [5.74, 6) is -0.685. The van der Waals surface area contributed by atoms with Crippen LogP contribution in [0.1, 0.15) is 35.1 Å². The molecule has 1 aromatic rings. The van der Waals surface area contributed by atoms with Crippen molar-refractivity contribution in [3.05, 3.63) is 34.4 Å². The molecule has 1 unspecified atom stereocenters. The lowest BCUT2D eigenvalue weighted by molar-refractivity contribution is -0.142. The Morgan fingerprint density at radius 2 is 1.89 bits per heavy atom. The minimum Gasteiger partial charge on any atom is -0.480 e. The summed E-state index contributed by atoms with van der Waals surface area (Å²) in [5, 5.41) is 9.20. The van der Waals surface area contributed by atoms with Crippen molar-refractivity contribution < 1.29 is 9.90 Å². The van der Waals surface area contributed by atoms with E-state index in [4.69, 9.17) is 0 Å². The van der Waals surface area contributed by atoms with E-state index >= 15 is 0 Å². The highest BCUT2D eigenvalue weighted by Gasteiger charge is 2.30. The van der Waals surface area contributed by atoms with E-state index in [9.17, 15) is 9.90 Å². The van der Waals surface area contributed by atoms with E-state index in [-0.39, 0.29) is 18.4 Å². The van der Waals surface area contributed by atoms with Gasteiger partial charge in [-0.2, -0.15) is 0 Å². The molecule has 1 aromatic carbocycles. The first-order valence-corrected chi connectivity index (χ1v) is 6.52. The van der Waals surface area contributed by atoms with Crippen molar-refractivity contribution in [1.29, 1.82) is 0 Å².